The predicted octanol–water partition coefficient (Wildman–Crippen LogP) is 3.35. The van der Waals surface area contributed by atoms with Crippen molar-refractivity contribution >= 4 is 22.4 Å². The van der Waals surface area contributed by atoms with E-state index < -0.39 is 0 Å². The Morgan fingerprint density at radius 3 is 3.06 bits per heavy atom. The molecule has 0 bridgehead atoms. The van der Waals surface area contributed by atoms with Crippen molar-refractivity contribution in [2.45, 2.75) is 27.7 Å². The molecule has 0 saturated heterocycles. The van der Waals surface area contributed by atoms with Crippen LogP contribution >= 0.6 is 11.3 Å². The van der Waals surface area contributed by atoms with Gasteiger partial charge in [-0.3, -0.25) is 4.40 Å². The smallest absolute Gasteiger partial charge is 0.194 e. The van der Waals surface area contributed by atoms with Crippen LogP contribution in [0.25, 0.3) is 11.0 Å². The molecule has 0 spiro atoms. The van der Waals surface area contributed by atoms with Crippen molar-refractivity contribution in [2.24, 2.45) is 5.92 Å². The average molecular weight is 263 g/mol. The Bertz CT molecular complexity index is 548. The topological polar surface area (TPSA) is 29.3 Å². The molecule has 3 nitrogen and oxygen atoms in total. The van der Waals surface area contributed by atoms with Crippen molar-refractivity contribution in [3.05, 3.63) is 28.5 Å². The molecule has 0 radical (unpaired) electrons. The Kier molecular flexibility index (Phi) is 4.19. The summed E-state index contributed by atoms with van der Waals surface area (Å²) in [5, 5.41) is 5.54. The third kappa shape index (κ3) is 3.00. The number of aryl methyl sites for hydroxylation is 1. The van der Waals surface area contributed by atoms with Gasteiger partial charge in [-0.15, -0.1) is 11.3 Å². The lowest BCUT2D eigenvalue weighted by molar-refractivity contribution is 0.572. The van der Waals surface area contributed by atoms with E-state index in [4.69, 9.17) is 0 Å². The molecule has 2 aromatic rings. The molecule has 98 valence electrons. The zero-order chi connectivity index (χ0) is 13.1. The summed E-state index contributed by atoms with van der Waals surface area (Å²) in [6, 6.07) is 0. The van der Waals surface area contributed by atoms with E-state index in [2.05, 4.69) is 60.0 Å². The van der Waals surface area contributed by atoms with Crippen LogP contribution in [0, 0.1) is 12.8 Å². The molecule has 18 heavy (non-hydrogen) atoms. The van der Waals surface area contributed by atoms with Crippen LogP contribution in [0.5, 0.6) is 0 Å². The van der Waals surface area contributed by atoms with Crippen molar-refractivity contribution in [3.63, 3.8) is 0 Å². The summed E-state index contributed by atoms with van der Waals surface area (Å²) in [6.45, 7) is 10.7. The summed E-state index contributed by atoms with van der Waals surface area (Å²) in [6.07, 6.45) is 4.32. The number of hydrogen-bond acceptors (Lipinski definition) is 3. The Morgan fingerprint density at radius 1 is 1.56 bits per heavy atom. The van der Waals surface area contributed by atoms with Crippen molar-refractivity contribution in [3.8, 4) is 0 Å². The van der Waals surface area contributed by atoms with E-state index in [-0.39, 0.29) is 0 Å². The molecule has 2 rings (SSSR count). The monoisotopic (exact) mass is 263 g/mol. The molecule has 0 aromatic carbocycles. The van der Waals surface area contributed by atoms with Crippen molar-refractivity contribution in [1.82, 2.24) is 14.7 Å². The largest absolute Gasteiger partial charge is 0.313 e. The maximum Gasteiger partial charge on any atom is 0.194 e. The van der Waals surface area contributed by atoms with Gasteiger partial charge in [0.15, 0.2) is 4.96 Å². The van der Waals surface area contributed by atoms with Crippen LogP contribution in [-0.2, 0) is 0 Å². The van der Waals surface area contributed by atoms with Gasteiger partial charge in [-0.2, -0.15) is 0 Å². The van der Waals surface area contributed by atoms with Crippen LogP contribution in [0.4, 0.5) is 0 Å². The van der Waals surface area contributed by atoms with Gasteiger partial charge in [-0.25, -0.2) is 4.98 Å². The maximum atomic E-state index is 4.55. The number of nitrogens with zero attached hydrogens (tertiary/aromatic N) is 2. The molecule has 0 fully saturated rings. The average Bonchev–Trinajstić information content (AvgIpc) is 2.82. The highest BCUT2D eigenvalue weighted by molar-refractivity contribution is 7.15. The van der Waals surface area contributed by atoms with Gasteiger partial charge in [-0.1, -0.05) is 19.4 Å². The zero-order valence-electron chi connectivity index (χ0n) is 11.5. The van der Waals surface area contributed by atoms with Crippen LogP contribution in [0.2, 0.25) is 0 Å². The number of rotatable bonds is 5. The fourth-order valence-corrected chi connectivity index (χ4v) is 2.69. The highest BCUT2D eigenvalue weighted by Crippen LogP contribution is 2.18. The highest BCUT2D eigenvalue weighted by atomic mass is 32.1. The third-order valence-corrected chi connectivity index (χ3v) is 3.58. The van der Waals surface area contributed by atoms with Gasteiger partial charge in [0.2, 0.25) is 0 Å². The number of hydrogen-bond donors (Lipinski definition) is 1. The minimum Gasteiger partial charge on any atom is -0.313 e. The fourth-order valence-electron chi connectivity index (χ4n) is 1.93. The number of aromatic nitrogens is 2. The number of fused-ring (bicyclic) bond motifs is 1. The van der Waals surface area contributed by atoms with E-state index in [0.29, 0.717) is 5.92 Å². The van der Waals surface area contributed by atoms with Crippen LogP contribution in [-0.4, -0.2) is 22.5 Å². The van der Waals surface area contributed by atoms with Gasteiger partial charge in [0, 0.05) is 18.1 Å². The molecule has 0 unspecified atom stereocenters. The van der Waals surface area contributed by atoms with Crippen LogP contribution in [0.3, 0.4) is 0 Å². The Hall–Kier alpha value is -1.13. The van der Waals surface area contributed by atoms with E-state index in [9.17, 15) is 0 Å². The van der Waals surface area contributed by atoms with E-state index in [1.165, 1.54) is 11.3 Å². The predicted molar refractivity (Wildman–Crippen MR) is 79.2 cm³/mol. The second-order valence-corrected chi connectivity index (χ2v) is 6.03. The molecule has 0 amide bonds. The zero-order valence-corrected chi connectivity index (χ0v) is 12.3. The Balaban J connectivity index is 2.11. The maximum absolute atomic E-state index is 4.55. The number of imidazole rings is 1. The second-order valence-electron chi connectivity index (χ2n) is 5.15. The van der Waals surface area contributed by atoms with Gasteiger partial charge in [0.25, 0.3) is 0 Å². The first kappa shape index (κ1) is 13.3. The lowest BCUT2D eigenvalue weighted by atomic mass is 10.2. The van der Waals surface area contributed by atoms with Crippen LogP contribution in [0.15, 0.2) is 17.2 Å². The first-order valence-electron chi connectivity index (χ1n) is 6.38. The van der Waals surface area contributed by atoms with Gasteiger partial charge < -0.3 is 5.32 Å². The van der Waals surface area contributed by atoms with Gasteiger partial charge >= 0.3 is 0 Å². The van der Waals surface area contributed by atoms with Crippen molar-refractivity contribution < 1.29 is 0 Å². The molecule has 2 heterocycles. The molecule has 0 saturated carbocycles. The van der Waals surface area contributed by atoms with Gasteiger partial charge in [0.05, 0.1) is 11.4 Å². The summed E-state index contributed by atoms with van der Waals surface area (Å²) in [5.74, 6) is 0.693. The standard InChI is InChI=1S/C14H21N3S/c1-10(2)8-15-9-11(3)7-13-12(4)16-14-17(13)5-6-18-14/h5-7,10,15H,8-9H2,1-4H3. The molecule has 0 aliphatic carbocycles. The highest BCUT2D eigenvalue weighted by Gasteiger charge is 2.07. The Morgan fingerprint density at radius 2 is 2.33 bits per heavy atom. The lowest BCUT2D eigenvalue weighted by Crippen LogP contribution is -2.21. The quantitative estimate of drug-likeness (QED) is 0.896. The molecule has 1 N–H and O–H groups in total. The van der Waals surface area contributed by atoms with Crippen LogP contribution < -0.4 is 5.32 Å². The number of nitrogens with one attached hydrogen (secondary N) is 1. The minimum atomic E-state index is 0.693. The van der Waals surface area contributed by atoms with Crippen molar-refractivity contribution in [2.75, 3.05) is 13.1 Å². The van der Waals surface area contributed by atoms with Gasteiger partial charge in [-0.05, 0) is 32.4 Å². The van der Waals surface area contributed by atoms with E-state index in [0.717, 1.165) is 23.7 Å². The summed E-state index contributed by atoms with van der Waals surface area (Å²) < 4.78 is 2.16. The lowest BCUT2D eigenvalue weighted by Gasteiger charge is -2.07. The van der Waals surface area contributed by atoms with Crippen LogP contribution in [0.1, 0.15) is 32.2 Å². The van der Waals surface area contributed by atoms with E-state index in [1.54, 1.807) is 11.3 Å². The SMILES string of the molecule is CC(=Cc1c(C)nc2sccn12)CNCC(C)C. The normalized spacial score (nSPS) is 12.8. The summed E-state index contributed by atoms with van der Waals surface area (Å²) in [5.41, 5.74) is 3.65. The fraction of sp³-hybridized carbons (Fsp3) is 0.500. The molecule has 0 aliphatic heterocycles. The van der Waals surface area contributed by atoms with E-state index in [1.807, 2.05) is 0 Å². The first-order chi connectivity index (χ1) is 8.58. The second kappa shape index (κ2) is 5.67. The summed E-state index contributed by atoms with van der Waals surface area (Å²) in [4.78, 5) is 5.62. The van der Waals surface area contributed by atoms with E-state index >= 15 is 0 Å². The Labute approximate surface area is 113 Å². The third-order valence-electron chi connectivity index (χ3n) is 2.82. The van der Waals surface area contributed by atoms with Gasteiger partial charge in [0.1, 0.15) is 0 Å². The minimum absolute atomic E-state index is 0.693. The summed E-state index contributed by atoms with van der Waals surface area (Å²) >= 11 is 1.68. The molecular formula is C14H21N3S. The molecular weight excluding hydrogens is 242 g/mol. The molecule has 0 atom stereocenters. The molecule has 4 heteroatoms. The molecule has 0 aliphatic rings. The number of thiazole rings is 1. The first-order valence-corrected chi connectivity index (χ1v) is 7.26. The molecule has 2 aromatic heterocycles. The summed E-state index contributed by atoms with van der Waals surface area (Å²) in [7, 11) is 0. The van der Waals surface area contributed by atoms with Crippen molar-refractivity contribution in [1.29, 1.82) is 0 Å².